The lowest BCUT2D eigenvalue weighted by molar-refractivity contribution is -0.136. The van der Waals surface area contributed by atoms with Gasteiger partial charge in [0.05, 0.1) is 0 Å². The van der Waals surface area contributed by atoms with Crippen molar-refractivity contribution in [3.63, 3.8) is 0 Å². The van der Waals surface area contributed by atoms with Crippen molar-refractivity contribution in [2.75, 3.05) is 26.3 Å². The van der Waals surface area contributed by atoms with Crippen molar-refractivity contribution in [1.82, 2.24) is 25.1 Å². The van der Waals surface area contributed by atoms with Crippen molar-refractivity contribution in [2.45, 2.75) is 76.6 Å². The summed E-state index contributed by atoms with van der Waals surface area (Å²) in [6.07, 6.45) is 2.11. The quantitative estimate of drug-likeness (QED) is 0.270. The maximum atomic E-state index is 15.6. The molecule has 0 bridgehead atoms. The molecule has 258 valence electrons. The van der Waals surface area contributed by atoms with Gasteiger partial charge in [0.2, 0.25) is 11.8 Å². The topological polar surface area (TPSA) is 114 Å². The van der Waals surface area contributed by atoms with Crippen molar-refractivity contribution in [2.24, 2.45) is 0 Å². The average Bonchev–Trinajstić information content (AvgIpc) is 3.64. The van der Waals surface area contributed by atoms with Crippen LogP contribution in [0.2, 0.25) is 0 Å². The largest absolute Gasteiger partial charge is 0.488 e. The third-order valence-corrected chi connectivity index (χ3v) is 10.5. The van der Waals surface area contributed by atoms with Gasteiger partial charge in [-0.25, -0.2) is 9.37 Å². The van der Waals surface area contributed by atoms with E-state index in [4.69, 9.17) is 14.5 Å². The number of aryl methyl sites for hydroxylation is 2. The first-order chi connectivity index (χ1) is 24.2. The predicted molar refractivity (Wildman–Crippen MR) is 183 cm³/mol. The fourth-order valence-electron chi connectivity index (χ4n) is 8.14. The highest BCUT2D eigenvalue weighted by molar-refractivity contribution is 6.05. The minimum absolute atomic E-state index is 0.0271. The van der Waals surface area contributed by atoms with E-state index in [0.29, 0.717) is 62.0 Å². The van der Waals surface area contributed by atoms with Crippen molar-refractivity contribution >= 4 is 28.6 Å². The zero-order valence-electron chi connectivity index (χ0n) is 28.3. The zero-order chi connectivity index (χ0) is 34.5. The molecular formula is C39H40FN5O5. The molecule has 2 aromatic heterocycles. The second kappa shape index (κ2) is 13.2. The zero-order valence-corrected chi connectivity index (χ0v) is 28.3. The second-order valence-electron chi connectivity index (χ2n) is 14.1. The van der Waals surface area contributed by atoms with Gasteiger partial charge in [-0.1, -0.05) is 6.07 Å². The molecule has 8 rings (SSSR count). The monoisotopic (exact) mass is 677 g/mol. The molecule has 50 heavy (non-hydrogen) atoms. The number of aromatic nitrogens is 2. The molecule has 0 unspecified atom stereocenters. The Balaban J connectivity index is 1.02. The number of pyridine rings is 2. The SMILES string of the molecule is Cc1cc([C@@H]2CN(Cc3cc(F)c4nc(C5CCOCC5)ccc4c3)C[C@H]2Oc2ccc3c(c2)CN([C@H]2CCC(=O)NC2=O)C3=O)cc(C)n1. The first-order valence-corrected chi connectivity index (χ1v) is 17.5. The summed E-state index contributed by atoms with van der Waals surface area (Å²) < 4.78 is 27.8. The number of benzene rings is 2. The van der Waals surface area contributed by atoms with Crippen molar-refractivity contribution < 1.29 is 28.2 Å². The van der Waals surface area contributed by atoms with Crippen LogP contribution in [0.3, 0.4) is 0 Å². The molecule has 2 aromatic carbocycles. The Morgan fingerprint density at radius 3 is 2.52 bits per heavy atom. The molecule has 10 nitrogen and oxygen atoms in total. The molecule has 0 radical (unpaired) electrons. The predicted octanol–water partition coefficient (Wildman–Crippen LogP) is 5.09. The summed E-state index contributed by atoms with van der Waals surface area (Å²) >= 11 is 0. The summed E-state index contributed by atoms with van der Waals surface area (Å²) in [5.74, 6) is -0.308. The fourth-order valence-corrected chi connectivity index (χ4v) is 8.14. The number of amides is 3. The van der Waals surface area contributed by atoms with Crippen LogP contribution in [0.5, 0.6) is 5.75 Å². The van der Waals surface area contributed by atoms with Gasteiger partial charge in [-0.05, 0) is 98.3 Å². The van der Waals surface area contributed by atoms with Gasteiger partial charge in [0.15, 0.2) is 0 Å². The van der Waals surface area contributed by atoms with E-state index in [1.165, 1.54) is 0 Å². The number of piperidine rings is 1. The number of rotatable bonds is 7. The van der Waals surface area contributed by atoms with Gasteiger partial charge in [0.25, 0.3) is 5.91 Å². The van der Waals surface area contributed by atoms with Gasteiger partial charge in [0, 0.05) is 85.7 Å². The van der Waals surface area contributed by atoms with Crippen LogP contribution >= 0.6 is 0 Å². The Labute approximate surface area is 290 Å². The fraction of sp³-hybridized carbons (Fsp3) is 0.410. The van der Waals surface area contributed by atoms with Gasteiger partial charge in [-0.3, -0.25) is 29.6 Å². The van der Waals surface area contributed by atoms with Crippen LogP contribution in [0, 0.1) is 19.7 Å². The van der Waals surface area contributed by atoms with Crippen LogP contribution in [0.15, 0.2) is 54.6 Å². The molecular weight excluding hydrogens is 637 g/mol. The number of likely N-dealkylation sites (tertiary alicyclic amines) is 1. The Morgan fingerprint density at radius 2 is 1.74 bits per heavy atom. The van der Waals surface area contributed by atoms with Crippen LogP contribution in [-0.2, 0) is 27.4 Å². The van der Waals surface area contributed by atoms with Crippen LogP contribution in [0.25, 0.3) is 10.9 Å². The third kappa shape index (κ3) is 6.35. The standard InChI is InChI=1S/C39H40FN5O5/c1-22-13-27(14-23(2)41-22)31-20-44(18-24-15-26-3-6-33(25-9-11-49-12-10-25)42-37(26)32(40)16-24)21-35(31)50-29-4-5-30-28(17-29)19-45(39(30)48)34-7-8-36(46)43-38(34)47/h3-6,13-17,25,31,34-35H,7-12,18-21H2,1-2H3,(H,43,46,47)/t31-,34-,35+/m0/s1. The number of fused-ring (bicyclic) bond motifs is 2. The van der Waals surface area contributed by atoms with E-state index in [9.17, 15) is 14.4 Å². The molecule has 0 saturated carbocycles. The van der Waals surface area contributed by atoms with Crippen LogP contribution < -0.4 is 10.1 Å². The first-order valence-electron chi connectivity index (χ1n) is 17.5. The Hall–Kier alpha value is -4.74. The number of carbonyl (C=O) groups is 3. The number of halogens is 1. The van der Waals surface area contributed by atoms with E-state index in [1.54, 1.807) is 17.0 Å². The van der Waals surface area contributed by atoms with Crippen molar-refractivity contribution in [1.29, 1.82) is 0 Å². The van der Waals surface area contributed by atoms with Crippen molar-refractivity contribution in [3.8, 4) is 5.75 Å². The average molecular weight is 678 g/mol. The highest BCUT2D eigenvalue weighted by Gasteiger charge is 2.40. The summed E-state index contributed by atoms with van der Waals surface area (Å²) in [6, 6.07) is 16.7. The van der Waals surface area contributed by atoms with E-state index >= 15 is 4.39 Å². The highest BCUT2D eigenvalue weighted by Crippen LogP contribution is 2.36. The van der Waals surface area contributed by atoms with Gasteiger partial charge in [-0.15, -0.1) is 0 Å². The van der Waals surface area contributed by atoms with E-state index < -0.39 is 11.9 Å². The third-order valence-electron chi connectivity index (χ3n) is 10.5. The molecule has 3 atom stereocenters. The molecule has 11 heteroatoms. The molecule has 4 aliphatic rings. The number of carbonyl (C=O) groups excluding carboxylic acids is 3. The Kier molecular flexibility index (Phi) is 8.56. The molecule has 0 spiro atoms. The maximum absolute atomic E-state index is 15.6. The number of nitrogens with zero attached hydrogens (tertiary/aromatic N) is 4. The van der Waals surface area contributed by atoms with Crippen LogP contribution in [-0.4, -0.2) is 75.9 Å². The van der Waals surface area contributed by atoms with Gasteiger partial charge in [0.1, 0.15) is 29.2 Å². The molecule has 4 aliphatic heterocycles. The van der Waals surface area contributed by atoms with E-state index in [1.807, 2.05) is 44.2 Å². The van der Waals surface area contributed by atoms with E-state index in [-0.39, 0.29) is 42.6 Å². The molecule has 0 aliphatic carbocycles. The van der Waals surface area contributed by atoms with Gasteiger partial charge < -0.3 is 14.4 Å². The van der Waals surface area contributed by atoms with Crippen molar-refractivity contribution in [3.05, 3.63) is 99.8 Å². The maximum Gasteiger partial charge on any atom is 0.255 e. The summed E-state index contributed by atoms with van der Waals surface area (Å²) in [6.45, 7) is 7.55. The molecule has 3 amide bonds. The van der Waals surface area contributed by atoms with Crippen LogP contribution in [0.1, 0.15) is 81.6 Å². The number of nitrogens with one attached hydrogen (secondary N) is 1. The molecule has 6 heterocycles. The first kappa shape index (κ1) is 32.5. The molecule has 3 fully saturated rings. The number of hydrogen-bond acceptors (Lipinski definition) is 8. The lowest BCUT2D eigenvalue weighted by Gasteiger charge is -2.29. The molecule has 3 saturated heterocycles. The molecule has 4 aromatic rings. The Bertz CT molecular complexity index is 1990. The van der Waals surface area contributed by atoms with E-state index in [2.05, 4.69) is 27.3 Å². The lowest BCUT2D eigenvalue weighted by atomic mass is 9.95. The number of imide groups is 1. The lowest BCUT2D eigenvalue weighted by Crippen LogP contribution is -2.52. The Morgan fingerprint density at radius 1 is 0.940 bits per heavy atom. The summed E-state index contributed by atoms with van der Waals surface area (Å²) in [5, 5.41) is 3.15. The van der Waals surface area contributed by atoms with Gasteiger partial charge in [-0.2, -0.15) is 0 Å². The highest BCUT2D eigenvalue weighted by atomic mass is 19.1. The summed E-state index contributed by atoms with van der Waals surface area (Å²) in [4.78, 5) is 50.6. The minimum Gasteiger partial charge on any atom is -0.488 e. The normalized spacial score (nSPS) is 23.1. The number of ether oxygens (including phenoxy) is 2. The smallest absolute Gasteiger partial charge is 0.255 e. The van der Waals surface area contributed by atoms with Gasteiger partial charge >= 0.3 is 0 Å². The second-order valence-corrected chi connectivity index (χ2v) is 14.1. The minimum atomic E-state index is -0.673. The molecule has 1 N–H and O–H groups in total. The van der Waals surface area contributed by atoms with Crippen LogP contribution in [0.4, 0.5) is 4.39 Å². The van der Waals surface area contributed by atoms with E-state index in [0.717, 1.165) is 52.0 Å². The number of hydrogen-bond donors (Lipinski definition) is 1. The summed E-state index contributed by atoms with van der Waals surface area (Å²) in [7, 11) is 0. The summed E-state index contributed by atoms with van der Waals surface area (Å²) in [5.41, 5.74) is 6.56.